The quantitative estimate of drug-likeness (QED) is 0.303. The topological polar surface area (TPSA) is 105 Å². The van der Waals surface area contributed by atoms with Crippen LogP contribution >= 0.6 is 11.8 Å². The third-order valence-electron chi connectivity index (χ3n) is 6.19. The van der Waals surface area contributed by atoms with Crippen molar-refractivity contribution in [2.75, 3.05) is 11.9 Å². The normalized spacial score (nSPS) is 13.9. The Labute approximate surface area is 226 Å². The number of fused-ring (bicyclic) bond motifs is 1. The molecular formula is C28H28N4O4S2. The van der Waals surface area contributed by atoms with Crippen LogP contribution in [0.1, 0.15) is 46.8 Å². The number of hydrogen-bond donors (Lipinski definition) is 1. The van der Waals surface area contributed by atoms with Crippen LogP contribution < -0.4 is 5.32 Å². The van der Waals surface area contributed by atoms with E-state index in [1.54, 1.807) is 11.8 Å². The largest absolute Gasteiger partial charge is 0.407 e. The summed E-state index contributed by atoms with van der Waals surface area (Å²) in [5.41, 5.74) is 3.49. The van der Waals surface area contributed by atoms with Crippen molar-refractivity contribution in [2.24, 2.45) is 0 Å². The molecule has 1 aromatic heterocycles. The molecule has 196 valence electrons. The minimum atomic E-state index is -3.68. The molecule has 38 heavy (non-hydrogen) atoms. The second-order valence-electron chi connectivity index (χ2n) is 9.32. The van der Waals surface area contributed by atoms with Gasteiger partial charge in [0.25, 0.3) is 5.91 Å². The number of hydrogen-bond acceptors (Lipinski definition) is 7. The van der Waals surface area contributed by atoms with Gasteiger partial charge in [-0.3, -0.25) is 10.1 Å². The number of nitrogens with one attached hydrogen (secondary N) is 1. The molecule has 1 amide bonds. The van der Waals surface area contributed by atoms with Gasteiger partial charge in [0.2, 0.25) is 15.9 Å². The van der Waals surface area contributed by atoms with Crippen LogP contribution in [0.25, 0.3) is 0 Å². The van der Waals surface area contributed by atoms with E-state index >= 15 is 0 Å². The molecule has 5 rings (SSSR count). The minimum Gasteiger partial charge on any atom is -0.407 e. The maximum Gasteiger partial charge on any atom is 0.322 e. The Bertz CT molecular complexity index is 1530. The van der Waals surface area contributed by atoms with Gasteiger partial charge in [-0.25, -0.2) is 8.42 Å². The molecule has 0 saturated heterocycles. The maximum atomic E-state index is 13.2. The summed E-state index contributed by atoms with van der Waals surface area (Å²) >= 11 is 1.79. The molecule has 4 aromatic rings. The maximum absolute atomic E-state index is 13.2. The highest BCUT2D eigenvalue weighted by atomic mass is 32.2. The number of benzene rings is 3. The molecule has 0 aliphatic carbocycles. The van der Waals surface area contributed by atoms with E-state index in [-0.39, 0.29) is 16.5 Å². The number of nitrogens with zero attached hydrogens (tertiary/aromatic N) is 3. The number of carbonyl (C=O) groups is 1. The van der Waals surface area contributed by atoms with Gasteiger partial charge in [0.1, 0.15) is 0 Å². The van der Waals surface area contributed by atoms with Crippen molar-refractivity contribution in [1.82, 2.24) is 14.5 Å². The zero-order valence-corrected chi connectivity index (χ0v) is 22.8. The van der Waals surface area contributed by atoms with E-state index in [4.69, 9.17) is 4.42 Å². The molecule has 0 fully saturated rings. The average Bonchev–Trinajstić information content (AvgIpc) is 3.35. The Balaban J connectivity index is 1.20. The third kappa shape index (κ3) is 5.98. The van der Waals surface area contributed by atoms with E-state index in [9.17, 15) is 13.2 Å². The van der Waals surface area contributed by atoms with Gasteiger partial charge in [-0.2, -0.15) is 4.31 Å². The van der Waals surface area contributed by atoms with Crippen LogP contribution in [-0.4, -0.2) is 40.6 Å². The first-order chi connectivity index (χ1) is 18.3. The number of carbonyl (C=O) groups excluding carboxylic acids is 1. The lowest BCUT2D eigenvalue weighted by molar-refractivity contribution is 0.102. The number of aromatic nitrogens is 2. The molecule has 8 nitrogen and oxygen atoms in total. The highest BCUT2D eigenvalue weighted by molar-refractivity contribution is 7.99. The predicted molar refractivity (Wildman–Crippen MR) is 147 cm³/mol. The van der Waals surface area contributed by atoms with Crippen molar-refractivity contribution in [3.05, 3.63) is 101 Å². The summed E-state index contributed by atoms with van der Waals surface area (Å²) in [6, 6.07) is 21.9. The summed E-state index contributed by atoms with van der Waals surface area (Å²) in [6.45, 7) is 5.06. The summed E-state index contributed by atoms with van der Waals surface area (Å²) in [6.07, 6.45) is 1.12. The molecule has 10 heteroatoms. The van der Waals surface area contributed by atoms with Gasteiger partial charge in [-0.05, 0) is 59.5 Å². The molecule has 0 atom stereocenters. The fourth-order valence-electron chi connectivity index (χ4n) is 4.28. The molecule has 1 N–H and O–H groups in total. The van der Waals surface area contributed by atoms with Crippen LogP contribution in [0.5, 0.6) is 0 Å². The first-order valence-corrected chi connectivity index (χ1v) is 14.7. The SMILES string of the molecule is CC(C)Sc1ccc(Cc2nnc(NC(=O)c3ccc(S(=O)(=O)N4CCc5ccccc5C4)cc3)o2)cc1. The Hall–Kier alpha value is -3.47. The van der Waals surface area contributed by atoms with Gasteiger partial charge in [0.15, 0.2) is 0 Å². The zero-order valence-electron chi connectivity index (χ0n) is 21.1. The first kappa shape index (κ1) is 26.1. The van der Waals surface area contributed by atoms with Crippen molar-refractivity contribution >= 4 is 33.7 Å². The summed E-state index contributed by atoms with van der Waals surface area (Å²) in [4.78, 5) is 14.0. The lowest BCUT2D eigenvalue weighted by atomic mass is 10.0. The van der Waals surface area contributed by atoms with Crippen LogP contribution in [0.15, 0.2) is 87.0 Å². The van der Waals surface area contributed by atoms with Gasteiger partial charge in [-0.15, -0.1) is 16.9 Å². The molecule has 0 radical (unpaired) electrons. The lowest BCUT2D eigenvalue weighted by Gasteiger charge is -2.28. The highest BCUT2D eigenvalue weighted by Gasteiger charge is 2.28. The Morgan fingerprint density at radius 2 is 1.71 bits per heavy atom. The lowest BCUT2D eigenvalue weighted by Crippen LogP contribution is -2.35. The van der Waals surface area contributed by atoms with Gasteiger partial charge >= 0.3 is 6.01 Å². The van der Waals surface area contributed by atoms with E-state index in [0.717, 1.165) is 11.1 Å². The number of sulfonamides is 1. The molecule has 3 aromatic carbocycles. The minimum absolute atomic E-state index is 0.0133. The summed E-state index contributed by atoms with van der Waals surface area (Å²) in [5.74, 6) is -0.0831. The van der Waals surface area contributed by atoms with Gasteiger partial charge in [-0.1, -0.05) is 55.3 Å². The molecular weight excluding hydrogens is 520 g/mol. The Kier molecular flexibility index (Phi) is 7.64. The Morgan fingerprint density at radius 1 is 1.00 bits per heavy atom. The van der Waals surface area contributed by atoms with Crippen LogP contribution in [0, 0.1) is 0 Å². The van der Waals surface area contributed by atoms with Gasteiger partial charge in [0, 0.05) is 28.8 Å². The van der Waals surface area contributed by atoms with Crippen LogP contribution in [0.2, 0.25) is 0 Å². The van der Waals surface area contributed by atoms with Gasteiger partial charge < -0.3 is 4.42 Å². The van der Waals surface area contributed by atoms with Crippen molar-refractivity contribution in [1.29, 1.82) is 0 Å². The monoisotopic (exact) mass is 548 g/mol. The van der Waals surface area contributed by atoms with E-state index in [2.05, 4.69) is 41.5 Å². The van der Waals surface area contributed by atoms with Crippen molar-refractivity contribution in [2.45, 2.75) is 48.3 Å². The van der Waals surface area contributed by atoms with Crippen LogP contribution in [0.4, 0.5) is 6.01 Å². The smallest absolute Gasteiger partial charge is 0.322 e. The molecule has 2 heterocycles. The van der Waals surface area contributed by atoms with Crippen LogP contribution in [-0.2, 0) is 29.4 Å². The van der Waals surface area contributed by atoms with E-state index in [1.165, 1.54) is 39.0 Å². The summed E-state index contributed by atoms with van der Waals surface area (Å²) in [5, 5.41) is 11.0. The fourth-order valence-corrected chi connectivity index (χ4v) is 6.54. The molecule has 1 aliphatic rings. The highest BCUT2D eigenvalue weighted by Crippen LogP contribution is 2.26. The fraction of sp³-hybridized carbons (Fsp3) is 0.250. The van der Waals surface area contributed by atoms with Gasteiger partial charge in [0.05, 0.1) is 11.3 Å². The molecule has 0 spiro atoms. The van der Waals surface area contributed by atoms with Crippen molar-refractivity contribution in [3.8, 4) is 0 Å². The first-order valence-electron chi connectivity index (χ1n) is 12.3. The summed E-state index contributed by atoms with van der Waals surface area (Å²) < 4.78 is 33.4. The Morgan fingerprint density at radius 3 is 2.42 bits per heavy atom. The van der Waals surface area contributed by atoms with Crippen molar-refractivity contribution < 1.29 is 17.6 Å². The number of anilines is 1. The van der Waals surface area contributed by atoms with E-state index < -0.39 is 15.9 Å². The second-order valence-corrected chi connectivity index (χ2v) is 12.9. The molecule has 0 bridgehead atoms. The number of rotatable bonds is 8. The zero-order chi connectivity index (χ0) is 26.7. The van der Waals surface area contributed by atoms with Crippen LogP contribution in [0.3, 0.4) is 0 Å². The molecule has 0 unspecified atom stereocenters. The second kappa shape index (κ2) is 11.1. The number of amides is 1. The van der Waals surface area contributed by atoms with Crippen molar-refractivity contribution in [3.63, 3.8) is 0 Å². The third-order valence-corrected chi connectivity index (χ3v) is 9.06. The number of thioether (sulfide) groups is 1. The van der Waals surface area contributed by atoms with E-state index in [0.29, 0.717) is 37.1 Å². The standard InChI is InChI=1S/C28H28N4O4S2/c1-19(2)37-24-11-7-20(8-12-24)17-26-30-31-28(36-26)29-27(33)22-9-13-25(14-10-22)38(34,35)32-16-15-21-5-3-4-6-23(21)18-32/h3-14,19H,15-18H2,1-2H3,(H,29,31,33). The summed E-state index contributed by atoms with van der Waals surface area (Å²) in [7, 11) is -3.68. The molecule has 1 aliphatic heterocycles. The molecule has 0 saturated carbocycles. The predicted octanol–water partition coefficient (Wildman–Crippen LogP) is 5.16. The average molecular weight is 549 g/mol. The van der Waals surface area contributed by atoms with E-state index in [1.807, 2.05) is 36.4 Å².